The van der Waals surface area contributed by atoms with Crippen LogP contribution in [0.1, 0.15) is 27.7 Å². The summed E-state index contributed by atoms with van der Waals surface area (Å²) in [7, 11) is 0. The highest BCUT2D eigenvalue weighted by Crippen LogP contribution is 2.01. The van der Waals surface area contributed by atoms with Crippen molar-refractivity contribution in [2.24, 2.45) is 0 Å². The van der Waals surface area contributed by atoms with Gasteiger partial charge in [-0.15, -0.1) is 0 Å². The van der Waals surface area contributed by atoms with E-state index in [1.54, 1.807) is 13.0 Å². The van der Waals surface area contributed by atoms with Crippen LogP contribution in [0.5, 0.6) is 0 Å². The van der Waals surface area contributed by atoms with Crippen LogP contribution in [0.25, 0.3) is 0 Å². The summed E-state index contributed by atoms with van der Waals surface area (Å²) >= 11 is 0. The molecule has 1 amide bonds. The molecule has 3 N–H and O–H groups in total. The van der Waals surface area contributed by atoms with Crippen LogP contribution in [0, 0.1) is 11.3 Å². The molecule has 0 fully saturated rings. The summed E-state index contributed by atoms with van der Waals surface area (Å²) in [5.74, 6) is -0.423. The van der Waals surface area contributed by atoms with Crippen molar-refractivity contribution in [1.82, 2.24) is 10.6 Å². The van der Waals surface area contributed by atoms with Gasteiger partial charge in [0.2, 0.25) is 0 Å². The molecule has 90 valence electrons. The van der Waals surface area contributed by atoms with Gasteiger partial charge in [-0.05, 0) is 27.7 Å². The van der Waals surface area contributed by atoms with E-state index in [1.807, 2.05) is 20.8 Å². The van der Waals surface area contributed by atoms with Crippen LogP contribution >= 0.6 is 0 Å². The summed E-state index contributed by atoms with van der Waals surface area (Å²) in [5.41, 5.74) is -0.382. The highest BCUT2D eigenvalue weighted by Gasteiger charge is 2.16. The molecular weight excluding hydrogens is 206 g/mol. The Balaban J connectivity index is 4.39. The van der Waals surface area contributed by atoms with E-state index in [0.29, 0.717) is 6.54 Å². The second kappa shape index (κ2) is 6.13. The van der Waals surface area contributed by atoms with Gasteiger partial charge >= 0.3 is 0 Å². The van der Waals surface area contributed by atoms with Crippen LogP contribution in [0.4, 0.5) is 0 Å². The number of hydrogen-bond donors (Lipinski definition) is 3. The molecule has 5 nitrogen and oxygen atoms in total. The largest absolute Gasteiger partial charge is 0.392 e. The summed E-state index contributed by atoms with van der Waals surface area (Å²) in [6.07, 6.45) is 0.787. The minimum atomic E-state index is -0.526. The average Bonchev–Trinajstić information content (AvgIpc) is 2.08. The van der Waals surface area contributed by atoms with Gasteiger partial charge in [0.15, 0.2) is 0 Å². The normalized spacial score (nSPS) is 13.9. The van der Waals surface area contributed by atoms with Gasteiger partial charge in [0.25, 0.3) is 5.91 Å². The number of nitrogens with one attached hydrogen (secondary N) is 2. The van der Waals surface area contributed by atoms with Crippen LogP contribution in [0.15, 0.2) is 11.8 Å². The molecule has 0 bridgehead atoms. The number of amides is 1. The number of carbonyl (C=O) groups is 1. The Bertz CT molecular complexity index is 308. The summed E-state index contributed by atoms with van der Waals surface area (Å²) in [5, 5.41) is 23.1. The fourth-order valence-corrected chi connectivity index (χ4v) is 0.888. The number of hydrogen-bond acceptors (Lipinski definition) is 4. The molecule has 0 heterocycles. The van der Waals surface area contributed by atoms with Crippen molar-refractivity contribution in [2.75, 3.05) is 6.54 Å². The molecule has 0 spiro atoms. The molecule has 0 saturated heterocycles. The predicted octanol–water partition coefficient (Wildman–Crippen LogP) is 0.279. The Morgan fingerprint density at radius 2 is 2.12 bits per heavy atom. The van der Waals surface area contributed by atoms with E-state index in [2.05, 4.69) is 10.6 Å². The molecule has 0 radical (unpaired) electrons. The number of nitriles is 1. The molecule has 0 aliphatic heterocycles. The van der Waals surface area contributed by atoms with Gasteiger partial charge in [-0.1, -0.05) is 0 Å². The number of nitrogens with zero attached hydrogens (tertiary/aromatic N) is 1. The minimum Gasteiger partial charge on any atom is -0.392 e. The zero-order chi connectivity index (χ0) is 12.8. The quantitative estimate of drug-likeness (QED) is 0.474. The Labute approximate surface area is 96.1 Å². The summed E-state index contributed by atoms with van der Waals surface area (Å²) in [4.78, 5) is 11.6. The molecular formula is C11H19N3O2. The standard InChI is InChI=1S/C11H19N3O2/c1-8(15)6-13-7-9(5-12)10(16)14-11(2,3)4/h7-8,13,15H,6H2,1-4H3,(H,14,16)/b9-7-. The SMILES string of the molecule is CC(O)CN/C=C(/C#N)C(=O)NC(C)(C)C. The van der Waals surface area contributed by atoms with Gasteiger partial charge in [0.1, 0.15) is 11.6 Å². The average molecular weight is 225 g/mol. The number of aliphatic hydroxyl groups is 1. The maximum absolute atomic E-state index is 11.6. The van der Waals surface area contributed by atoms with E-state index < -0.39 is 12.0 Å². The summed E-state index contributed by atoms with van der Waals surface area (Å²) in [6.45, 7) is 7.42. The molecule has 0 aliphatic rings. The second-order valence-electron chi connectivity index (χ2n) is 4.63. The molecule has 5 heteroatoms. The van der Waals surface area contributed by atoms with Gasteiger partial charge in [0, 0.05) is 18.3 Å². The minimum absolute atomic E-state index is 0.00410. The fraction of sp³-hybridized carbons (Fsp3) is 0.636. The molecule has 0 aliphatic carbocycles. The topological polar surface area (TPSA) is 85.2 Å². The van der Waals surface area contributed by atoms with Crippen molar-refractivity contribution >= 4 is 5.91 Å². The third kappa shape index (κ3) is 6.85. The van der Waals surface area contributed by atoms with Crippen LogP contribution in [-0.4, -0.2) is 29.2 Å². The van der Waals surface area contributed by atoms with E-state index in [0.717, 1.165) is 0 Å². The molecule has 0 aromatic carbocycles. The van der Waals surface area contributed by atoms with E-state index in [4.69, 9.17) is 10.4 Å². The van der Waals surface area contributed by atoms with Crippen LogP contribution in [0.3, 0.4) is 0 Å². The lowest BCUT2D eigenvalue weighted by Crippen LogP contribution is -2.41. The van der Waals surface area contributed by atoms with E-state index in [-0.39, 0.29) is 11.1 Å². The molecule has 16 heavy (non-hydrogen) atoms. The molecule has 0 saturated carbocycles. The maximum Gasteiger partial charge on any atom is 0.263 e. The smallest absolute Gasteiger partial charge is 0.263 e. The Morgan fingerprint density at radius 1 is 1.56 bits per heavy atom. The fourth-order valence-electron chi connectivity index (χ4n) is 0.888. The van der Waals surface area contributed by atoms with Crippen molar-refractivity contribution in [1.29, 1.82) is 5.26 Å². The van der Waals surface area contributed by atoms with Crippen molar-refractivity contribution in [3.8, 4) is 6.07 Å². The van der Waals surface area contributed by atoms with Crippen molar-refractivity contribution < 1.29 is 9.90 Å². The van der Waals surface area contributed by atoms with Crippen molar-refractivity contribution in [3.05, 3.63) is 11.8 Å². The van der Waals surface area contributed by atoms with Crippen molar-refractivity contribution in [3.63, 3.8) is 0 Å². The van der Waals surface area contributed by atoms with Gasteiger partial charge in [-0.3, -0.25) is 4.79 Å². The molecule has 0 aromatic heterocycles. The monoisotopic (exact) mass is 225 g/mol. The van der Waals surface area contributed by atoms with E-state index in [1.165, 1.54) is 6.20 Å². The highest BCUT2D eigenvalue weighted by molar-refractivity contribution is 5.97. The predicted molar refractivity (Wildman–Crippen MR) is 61.3 cm³/mol. The third-order valence-electron chi connectivity index (χ3n) is 1.51. The first-order valence-corrected chi connectivity index (χ1v) is 5.10. The van der Waals surface area contributed by atoms with Gasteiger partial charge in [-0.2, -0.15) is 5.26 Å². The molecule has 1 atom stereocenters. The Kier molecular flexibility index (Phi) is 5.54. The first kappa shape index (κ1) is 14.5. The van der Waals surface area contributed by atoms with Crippen molar-refractivity contribution in [2.45, 2.75) is 39.3 Å². The zero-order valence-electron chi connectivity index (χ0n) is 10.2. The lowest BCUT2D eigenvalue weighted by Gasteiger charge is -2.20. The summed E-state index contributed by atoms with van der Waals surface area (Å²) in [6, 6.07) is 1.80. The molecule has 0 aromatic rings. The van der Waals surface area contributed by atoms with Crippen LogP contribution in [0.2, 0.25) is 0 Å². The lowest BCUT2D eigenvalue weighted by molar-refractivity contribution is -0.118. The zero-order valence-corrected chi connectivity index (χ0v) is 10.2. The van der Waals surface area contributed by atoms with Gasteiger partial charge in [0.05, 0.1) is 6.10 Å². The number of carbonyl (C=O) groups excluding carboxylic acids is 1. The molecule has 1 unspecified atom stereocenters. The Morgan fingerprint density at radius 3 is 2.50 bits per heavy atom. The van der Waals surface area contributed by atoms with Crippen LogP contribution < -0.4 is 10.6 Å². The molecule has 0 rings (SSSR count). The summed E-state index contributed by atoms with van der Waals surface area (Å²) < 4.78 is 0. The number of rotatable bonds is 4. The third-order valence-corrected chi connectivity index (χ3v) is 1.51. The van der Waals surface area contributed by atoms with E-state index >= 15 is 0 Å². The number of aliphatic hydroxyl groups excluding tert-OH is 1. The van der Waals surface area contributed by atoms with Gasteiger partial charge in [-0.25, -0.2) is 0 Å². The highest BCUT2D eigenvalue weighted by atomic mass is 16.3. The van der Waals surface area contributed by atoms with Crippen LogP contribution in [-0.2, 0) is 4.79 Å². The van der Waals surface area contributed by atoms with E-state index in [9.17, 15) is 4.79 Å². The lowest BCUT2D eigenvalue weighted by atomic mass is 10.1. The Hall–Kier alpha value is -1.54. The first-order chi connectivity index (χ1) is 7.26. The second-order valence-corrected chi connectivity index (χ2v) is 4.63. The first-order valence-electron chi connectivity index (χ1n) is 5.10. The maximum atomic E-state index is 11.6. The van der Waals surface area contributed by atoms with Gasteiger partial charge < -0.3 is 15.7 Å².